The maximum Gasteiger partial charge on any atom is 0.251 e. The van der Waals surface area contributed by atoms with E-state index in [4.69, 9.17) is 0 Å². The minimum atomic E-state index is -3.48. The summed E-state index contributed by atoms with van der Waals surface area (Å²) in [6.45, 7) is 0. The van der Waals surface area contributed by atoms with Crippen molar-refractivity contribution in [3.63, 3.8) is 0 Å². The van der Waals surface area contributed by atoms with Crippen molar-refractivity contribution in [2.75, 3.05) is 14.1 Å². The van der Waals surface area contributed by atoms with Gasteiger partial charge in [0.1, 0.15) is 0 Å². The summed E-state index contributed by atoms with van der Waals surface area (Å²) in [5, 5.41) is 3.09. The Morgan fingerprint density at radius 1 is 0.926 bits per heavy atom. The molecule has 5 nitrogen and oxygen atoms in total. The van der Waals surface area contributed by atoms with Crippen LogP contribution in [0.5, 0.6) is 0 Å². The van der Waals surface area contributed by atoms with Crippen molar-refractivity contribution in [2.45, 2.75) is 42.5 Å². The molecule has 2 aromatic rings. The lowest BCUT2D eigenvalue weighted by molar-refractivity contribution is 0.0925. The molecule has 1 N–H and O–H groups in total. The van der Waals surface area contributed by atoms with Crippen molar-refractivity contribution in [3.8, 4) is 0 Å². The first-order valence-corrected chi connectivity index (χ1v) is 10.7. The Balaban J connectivity index is 1.57. The van der Waals surface area contributed by atoms with Gasteiger partial charge in [0.25, 0.3) is 5.91 Å². The Labute approximate surface area is 161 Å². The molecule has 0 heterocycles. The number of nitrogens with one attached hydrogen (secondary N) is 1. The van der Waals surface area contributed by atoms with Crippen molar-refractivity contribution in [1.82, 2.24) is 9.62 Å². The number of carbonyl (C=O) groups excluding carboxylic acids is 1. The third kappa shape index (κ3) is 4.57. The second kappa shape index (κ2) is 8.23. The van der Waals surface area contributed by atoms with Gasteiger partial charge in [-0.1, -0.05) is 30.3 Å². The van der Waals surface area contributed by atoms with E-state index in [0.29, 0.717) is 11.5 Å². The van der Waals surface area contributed by atoms with Gasteiger partial charge in [0, 0.05) is 25.7 Å². The summed E-state index contributed by atoms with van der Waals surface area (Å²) in [4.78, 5) is 12.7. The molecule has 0 spiro atoms. The number of hydrogen-bond acceptors (Lipinski definition) is 3. The standard InChI is InChI=1S/C21H26N2O3S/c1-23(2)27(25,26)20-14-10-18(11-15-20)21(24)22-19-12-8-17(9-13-19)16-6-4-3-5-7-16/h3-7,10-11,14-15,17,19H,8-9,12-13H2,1-2H3,(H,22,24). The Kier molecular flexibility index (Phi) is 5.97. The monoisotopic (exact) mass is 386 g/mol. The average Bonchev–Trinajstić information content (AvgIpc) is 2.69. The lowest BCUT2D eigenvalue weighted by atomic mass is 9.82. The highest BCUT2D eigenvalue weighted by atomic mass is 32.2. The van der Waals surface area contributed by atoms with Crippen LogP contribution in [-0.4, -0.2) is 38.8 Å². The molecule has 0 atom stereocenters. The molecule has 6 heteroatoms. The van der Waals surface area contributed by atoms with Crippen LogP contribution in [0.3, 0.4) is 0 Å². The molecule has 1 saturated carbocycles. The molecule has 27 heavy (non-hydrogen) atoms. The smallest absolute Gasteiger partial charge is 0.251 e. The number of hydrogen-bond donors (Lipinski definition) is 1. The van der Waals surface area contributed by atoms with Gasteiger partial charge >= 0.3 is 0 Å². The summed E-state index contributed by atoms with van der Waals surface area (Å²) in [5.41, 5.74) is 1.86. The summed E-state index contributed by atoms with van der Waals surface area (Å²) in [7, 11) is -0.502. The number of amides is 1. The van der Waals surface area contributed by atoms with Gasteiger partial charge < -0.3 is 5.32 Å². The van der Waals surface area contributed by atoms with Crippen LogP contribution in [0.15, 0.2) is 59.5 Å². The predicted molar refractivity (Wildman–Crippen MR) is 106 cm³/mol. The first kappa shape index (κ1) is 19.6. The van der Waals surface area contributed by atoms with Crippen molar-refractivity contribution < 1.29 is 13.2 Å². The zero-order valence-corrected chi connectivity index (χ0v) is 16.6. The van der Waals surface area contributed by atoms with Gasteiger partial charge in [-0.3, -0.25) is 4.79 Å². The zero-order valence-electron chi connectivity index (χ0n) is 15.8. The number of sulfonamides is 1. The van der Waals surface area contributed by atoms with Crippen LogP contribution in [-0.2, 0) is 10.0 Å². The van der Waals surface area contributed by atoms with Crippen LogP contribution < -0.4 is 5.32 Å². The first-order valence-electron chi connectivity index (χ1n) is 9.26. The number of rotatable bonds is 5. The Morgan fingerprint density at radius 3 is 2.07 bits per heavy atom. The first-order chi connectivity index (χ1) is 12.9. The van der Waals surface area contributed by atoms with E-state index in [1.54, 1.807) is 12.1 Å². The van der Waals surface area contributed by atoms with E-state index in [9.17, 15) is 13.2 Å². The molecule has 144 valence electrons. The Bertz CT molecular complexity index is 869. The predicted octanol–water partition coefficient (Wildman–Crippen LogP) is 3.39. The maximum atomic E-state index is 12.5. The van der Waals surface area contributed by atoms with Crippen LogP contribution in [0, 0.1) is 0 Å². The lowest BCUT2D eigenvalue weighted by Gasteiger charge is -2.29. The largest absolute Gasteiger partial charge is 0.349 e. The molecular formula is C21H26N2O3S. The zero-order chi connectivity index (χ0) is 19.4. The highest BCUT2D eigenvalue weighted by Crippen LogP contribution is 2.32. The van der Waals surface area contributed by atoms with Gasteiger partial charge in [-0.2, -0.15) is 0 Å². The molecule has 0 bridgehead atoms. The van der Waals surface area contributed by atoms with E-state index in [2.05, 4.69) is 29.6 Å². The second-order valence-corrected chi connectivity index (χ2v) is 9.40. The molecule has 1 aliphatic carbocycles. The molecule has 1 amide bonds. The van der Waals surface area contributed by atoms with Gasteiger partial charge in [-0.25, -0.2) is 12.7 Å². The van der Waals surface area contributed by atoms with Crippen molar-refractivity contribution in [1.29, 1.82) is 0 Å². The van der Waals surface area contributed by atoms with E-state index in [-0.39, 0.29) is 16.8 Å². The number of benzene rings is 2. The van der Waals surface area contributed by atoms with E-state index in [1.807, 2.05) is 6.07 Å². The second-order valence-electron chi connectivity index (χ2n) is 7.24. The Hall–Kier alpha value is -2.18. The van der Waals surface area contributed by atoms with Gasteiger partial charge in [0.05, 0.1) is 4.90 Å². The van der Waals surface area contributed by atoms with Crippen LogP contribution in [0.1, 0.15) is 47.5 Å². The maximum absolute atomic E-state index is 12.5. The SMILES string of the molecule is CN(C)S(=O)(=O)c1ccc(C(=O)NC2CCC(c3ccccc3)CC2)cc1. The van der Waals surface area contributed by atoms with E-state index >= 15 is 0 Å². The summed E-state index contributed by atoms with van der Waals surface area (Å²) in [6, 6.07) is 16.8. The van der Waals surface area contributed by atoms with Crippen LogP contribution in [0.4, 0.5) is 0 Å². The lowest BCUT2D eigenvalue weighted by Crippen LogP contribution is -2.37. The minimum absolute atomic E-state index is 0.146. The van der Waals surface area contributed by atoms with Gasteiger partial charge in [-0.15, -0.1) is 0 Å². The molecule has 0 aromatic heterocycles. The molecule has 0 saturated heterocycles. The van der Waals surface area contributed by atoms with Crippen LogP contribution in [0.25, 0.3) is 0 Å². The molecule has 1 aliphatic rings. The van der Waals surface area contributed by atoms with E-state index < -0.39 is 10.0 Å². The molecule has 0 aliphatic heterocycles. The fourth-order valence-corrected chi connectivity index (χ4v) is 4.46. The third-order valence-corrected chi connectivity index (χ3v) is 7.06. The topological polar surface area (TPSA) is 66.5 Å². The summed E-state index contributed by atoms with van der Waals surface area (Å²) in [5.74, 6) is 0.418. The molecule has 0 unspecified atom stereocenters. The van der Waals surface area contributed by atoms with E-state index in [1.165, 1.54) is 31.8 Å². The van der Waals surface area contributed by atoms with Crippen LogP contribution in [0.2, 0.25) is 0 Å². The van der Waals surface area contributed by atoms with Gasteiger partial charge in [-0.05, 0) is 61.4 Å². The quantitative estimate of drug-likeness (QED) is 0.856. The fourth-order valence-electron chi connectivity index (χ4n) is 3.55. The molecule has 0 radical (unpaired) electrons. The number of carbonyl (C=O) groups is 1. The fraction of sp³-hybridized carbons (Fsp3) is 0.381. The number of nitrogens with zero attached hydrogens (tertiary/aromatic N) is 1. The normalized spacial score (nSPS) is 20.4. The van der Waals surface area contributed by atoms with Gasteiger partial charge in [0.2, 0.25) is 10.0 Å². The van der Waals surface area contributed by atoms with Gasteiger partial charge in [0.15, 0.2) is 0 Å². The molecule has 2 aromatic carbocycles. The van der Waals surface area contributed by atoms with Crippen molar-refractivity contribution in [3.05, 3.63) is 65.7 Å². The summed E-state index contributed by atoms with van der Waals surface area (Å²) >= 11 is 0. The van der Waals surface area contributed by atoms with E-state index in [0.717, 1.165) is 30.0 Å². The highest BCUT2D eigenvalue weighted by Gasteiger charge is 2.24. The Morgan fingerprint density at radius 2 is 1.52 bits per heavy atom. The summed E-state index contributed by atoms with van der Waals surface area (Å²) in [6.07, 6.45) is 4.04. The molecule has 3 rings (SSSR count). The highest BCUT2D eigenvalue weighted by molar-refractivity contribution is 7.89. The van der Waals surface area contributed by atoms with Crippen molar-refractivity contribution in [2.24, 2.45) is 0 Å². The third-order valence-electron chi connectivity index (χ3n) is 5.23. The van der Waals surface area contributed by atoms with Crippen molar-refractivity contribution >= 4 is 15.9 Å². The summed E-state index contributed by atoms with van der Waals surface area (Å²) < 4.78 is 25.4. The average molecular weight is 387 g/mol. The molecule has 1 fully saturated rings. The molecular weight excluding hydrogens is 360 g/mol. The minimum Gasteiger partial charge on any atom is -0.349 e. The van der Waals surface area contributed by atoms with Crippen LogP contribution >= 0.6 is 0 Å².